The minimum Gasteiger partial charge on any atom is -0.356 e. The van der Waals surface area contributed by atoms with Crippen molar-refractivity contribution in [3.05, 3.63) is 16.1 Å². The fourth-order valence-corrected chi connectivity index (χ4v) is 2.29. The van der Waals surface area contributed by atoms with Crippen LogP contribution in [-0.4, -0.2) is 60.9 Å². The number of aryl methyl sites for hydroxylation is 1. The monoisotopic (exact) mass is 453 g/mol. The van der Waals surface area contributed by atoms with Crippen LogP contribution in [0.4, 0.5) is 0 Å². The number of aliphatic imine (C=N–C) groups is 1. The van der Waals surface area contributed by atoms with Crippen LogP contribution in [0, 0.1) is 12.8 Å². The zero-order valence-corrected chi connectivity index (χ0v) is 17.9. The fourth-order valence-electron chi connectivity index (χ4n) is 1.69. The highest BCUT2D eigenvalue weighted by Crippen LogP contribution is 2.09. The Bertz CT molecular complexity index is 516. The topological polar surface area (TPSA) is 60.8 Å². The number of nitrogens with one attached hydrogen (secondary N) is 1. The highest BCUT2D eigenvalue weighted by Gasteiger charge is 2.11. The van der Waals surface area contributed by atoms with Gasteiger partial charge in [0.1, 0.15) is 6.54 Å². The van der Waals surface area contributed by atoms with Crippen molar-refractivity contribution in [3.8, 4) is 0 Å². The Morgan fingerprint density at radius 3 is 2.52 bits per heavy atom. The maximum Gasteiger partial charge on any atom is 0.243 e. The van der Waals surface area contributed by atoms with Crippen LogP contribution in [0.2, 0.25) is 0 Å². The molecule has 0 radical (unpaired) electrons. The van der Waals surface area contributed by atoms with Gasteiger partial charge in [0.25, 0.3) is 0 Å². The molecule has 0 aromatic carbocycles. The van der Waals surface area contributed by atoms with Gasteiger partial charge in [-0.25, -0.2) is 9.98 Å². The van der Waals surface area contributed by atoms with Crippen LogP contribution < -0.4 is 5.32 Å². The van der Waals surface area contributed by atoms with Gasteiger partial charge in [-0.05, 0) is 12.8 Å². The number of hydrogen-bond donors (Lipinski definition) is 1. The predicted octanol–water partition coefficient (Wildman–Crippen LogP) is 2.19. The third kappa shape index (κ3) is 8.50. The van der Waals surface area contributed by atoms with Gasteiger partial charge in [-0.3, -0.25) is 4.79 Å². The SMILES string of the molecule is Cc1nc(CN(C)C(=NCC(=O)N(C)C)NCC(C)C)cs1.I. The van der Waals surface area contributed by atoms with Gasteiger partial charge in [-0.2, -0.15) is 0 Å². The van der Waals surface area contributed by atoms with Gasteiger partial charge in [-0.1, -0.05) is 13.8 Å². The van der Waals surface area contributed by atoms with Crippen LogP contribution >= 0.6 is 35.3 Å². The number of rotatable bonds is 6. The molecule has 0 unspecified atom stereocenters. The van der Waals surface area contributed by atoms with Crippen molar-refractivity contribution in [1.82, 2.24) is 20.1 Å². The third-order valence-electron chi connectivity index (χ3n) is 2.96. The lowest BCUT2D eigenvalue weighted by Crippen LogP contribution is -2.41. The first-order valence-corrected chi connectivity index (χ1v) is 8.28. The summed E-state index contributed by atoms with van der Waals surface area (Å²) < 4.78 is 0. The van der Waals surface area contributed by atoms with E-state index in [0.29, 0.717) is 12.5 Å². The van der Waals surface area contributed by atoms with E-state index in [-0.39, 0.29) is 36.4 Å². The normalized spacial score (nSPS) is 11.2. The van der Waals surface area contributed by atoms with Crippen LogP contribution in [0.5, 0.6) is 0 Å². The summed E-state index contributed by atoms with van der Waals surface area (Å²) in [6.07, 6.45) is 0. The van der Waals surface area contributed by atoms with Crippen molar-refractivity contribution in [3.63, 3.8) is 0 Å². The van der Waals surface area contributed by atoms with E-state index < -0.39 is 0 Å². The maximum atomic E-state index is 11.7. The summed E-state index contributed by atoms with van der Waals surface area (Å²) in [7, 11) is 5.43. The molecule has 1 aromatic rings. The molecule has 1 rings (SSSR count). The largest absolute Gasteiger partial charge is 0.356 e. The number of guanidine groups is 1. The summed E-state index contributed by atoms with van der Waals surface area (Å²) in [5, 5.41) is 6.43. The van der Waals surface area contributed by atoms with Crippen LogP contribution in [-0.2, 0) is 11.3 Å². The van der Waals surface area contributed by atoms with Crippen molar-refractivity contribution in [2.45, 2.75) is 27.3 Å². The Kier molecular flexibility index (Phi) is 10.4. The number of nitrogens with zero attached hydrogens (tertiary/aromatic N) is 4. The maximum absolute atomic E-state index is 11.7. The van der Waals surface area contributed by atoms with Gasteiger partial charge >= 0.3 is 0 Å². The fraction of sp³-hybridized carbons (Fsp3) is 0.667. The molecule has 0 saturated heterocycles. The van der Waals surface area contributed by atoms with Crippen molar-refractivity contribution in [2.24, 2.45) is 10.9 Å². The Balaban J connectivity index is 0.00000484. The summed E-state index contributed by atoms with van der Waals surface area (Å²) in [6, 6.07) is 0. The summed E-state index contributed by atoms with van der Waals surface area (Å²) in [5.74, 6) is 1.22. The summed E-state index contributed by atoms with van der Waals surface area (Å²) >= 11 is 1.64. The number of amides is 1. The van der Waals surface area contributed by atoms with E-state index in [1.807, 2.05) is 18.9 Å². The van der Waals surface area contributed by atoms with Gasteiger partial charge in [0.05, 0.1) is 17.2 Å². The van der Waals surface area contributed by atoms with Crippen LogP contribution in [0.25, 0.3) is 0 Å². The summed E-state index contributed by atoms with van der Waals surface area (Å²) in [5.41, 5.74) is 1.02. The molecule has 1 N–H and O–H groups in total. The van der Waals surface area contributed by atoms with Gasteiger partial charge in [0.15, 0.2) is 5.96 Å². The molecule has 0 saturated carbocycles. The Morgan fingerprint density at radius 2 is 2.04 bits per heavy atom. The van der Waals surface area contributed by atoms with Gasteiger partial charge in [-0.15, -0.1) is 35.3 Å². The smallest absolute Gasteiger partial charge is 0.243 e. The van der Waals surface area contributed by atoms with E-state index in [4.69, 9.17) is 0 Å². The van der Waals surface area contributed by atoms with Crippen LogP contribution in [0.1, 0.15) is 24.5 Å². The number of carbonyl (C=O) groups is 1. The predicted molar refractivity (Wildman–Crippen MR) is 108 cm³/mol. The van der Waals surface area contributed by atoms with E-state index >= 15 is 0 Å². The van der Waals surface area contributed by atoms with Gasteiger partial charge in [0, 0.05) is 33.1 Å². The minimum atomic E-state index is -0.0123. The molecule has 0 bridgehead atoms. The Hall–Kier alpha value is -0.900. The number of thiazole rings is 1. The molecular weight excluding hydrogens is 425 g/mol. The average molecular weight is 453 g/mol. The van der Waals surface area contributed by atoms with E-state index in [1.165, 1.54) is 0 Å². The lowest BCUT2D eigenvalue weighted by Gasteiger charge is -2.22. The quantitative estimate of drug-likeness (QED) is 0.408. The lowest BCUT2D eigenvalue weighted by molar-refractivity contribution is -0.127. The molecule has 132 valence electrons. The first-order chi connectivity index (χ1) is 10.3. The molecule has 0 atom stereocenters. The van der Waals surface area contributed by atoms with E-state index in [1.54, 1.807) is 30.3 Å². The first-order valence-electron chi connectivity index (χ1n) is 7.40. The van der Waals surface area contributed by atoms with Crippen molar-refractivity contribution in [1.29, 1.82) is 0 Å². The molecule has 0 spiro atoms. The van der Waals surface area contributed by atoms with E-state index in [0.717, 1.165) is 23.2 Å². The Morgan fingerprint density at radius 1 is 1.39 bits per heavy atom. The van der Waals surface area contributed by atoms with Crippen molar-refractivity contribution in [2.75, 3.05) is 34.2 Å². The van der Waals surface area contributed by atoms with Crippen molar-refractivity contribution >= 4 is 47.2 Å². The van der Waals surface area contributed by atoms with E-state index in [2.05, 4.69) is 34.5 Å². The van der Waals surface area contributed by atoms with Gasteiger partial charge < -0.3 is 15.1 Å². The number of halogens is 1. The molecule has 0 aliphatic heterocycles. The molecule has 23 heavy (non-hydrogen) atoms. The third-order valence-corrected chi connectivity index (χ3v) is 3.78. The molecule has 8 heteroatoms. The molecule has 1 heterocycles. The average Bonchev–Trinajstić information content (AvgIpc) is 2.83. The molecule has 1 aromatic heterocycles. The highest BCUT2D eigenvalue weighted by atomic mass is 127. The summed E-state index contributed by atoms with van der Waals surface area (Å²) in [6.45, 7) is 7.91. The second-order valence-corrected chi connectivity index (χ2v) is 6.98. The zero-order valence-electron chi connectivity index (χ0n) is 14.8. The molecule has 6 nitrogen and oxygen atoms in total. The number of carbonyl (C=O) groups excluding carboxylic acids is 1. The highest BCUT2D eigenvalue weighted by molar-refractivity contribution is 14.0. The first kappa shape index (κ1) is 22.1. The van der Waals surface area contributed by atoms with E-state index in [9.17, 15) is 4.79 Å². The molecule has 0 aliphatic carbocycles. The molecule has 0 fully saturated rings. The lowest BCUT2D eigenvalue weighted by atomic mass is 10.2. The van der Waals surface area contributed by atoms with Crippen molar-refractivity contribution < 1.29 is 4.79 Å². The number of likely N-dealkylation sites (N-methyl/N-ethyl adjacent to an activating group) is 1. The molecule has 1 amide bonds. The second-order valence-electron chi connectivity index (χ2n) is 5.92. The molecular formula is C15H28IN5OS. The van der Waals surface area contributed by atoms with Gasteiger partial charge in [0.2, 0.25) is 5.91 Å². The minimum absolute atomic E-state index is 0. The van der Waals surface area contributed by atoms with Crippen LogP contribution in [0.15, 0.2) is 10.4 Å². The summed E-state index contributed by atoms with van der Waals surface area (Å²) in [4.78, 5) is 24.2. The number of hydrogen-bond acceptors (Lipinski definition) is 4. The number of aromatic nitrogens is 1. The molecule has 0 aliphatic rings. The Labute approximate surface area is 160 Å². The second kappa shape index (κ2) is 10.8. The zero-order chi connectivity index (χ0) is 16.7. The standard InChI is InChI=1S/C15H27N5OS.HI/c1-11(2)7-16-15(17-8-14(21)19(4)5)20(6)9-13-10-22-12(3)18-13;/h10-11H,7-9H2,1-6H3,(H,16,17);1H. The van der Waals surface area contributed by atoms with Crippen LogP contribution in [0.3, 0.4) is 0 Å².